The molecule has 17 heteroatoms. The van der Waals surface area contributed by atoms with Crippen molar-refractivity contribution in [3.63, 3.8) is 0 Å². The highest BCUT2D eigenvalue weighted by Gasteiger charge is 2.76. The fourth-order valence-electron chi connectivity index (χ4n) is 1.31. The smallest absolute Gasteiger partial charge is 0.419 e. The van der Waals surface area contributed by atoms with Gasteiger partial charge in [-0.1, -0.05) is 4.39 Å². The maximum Gasteiger partial charge on any atom is 0.614 e. The van der Waals surface area contributed by atoms with Crippen LogP contribution in [0.5, 0.6) is 0 Å². The zero-order chi connectivity index (χ0) is 19.8. The number of aryl methyl sites for hydroxylation is 1. The van der Waals surface area contributed by atoms with E-state index in [0.717, 1.165) is 0 Å². The summed E-state index contributed by atoms with van der Waals surface area (Å²) in [6.07, 6.45) is -9.59. The van der Waals surface area contributed by atoms with E-state index in [9.17, 15) is 55.4 Å². The standard InChI is InChI=1S/C8H4F8N4O5/c9-5(19(21)22,20(23)24)2-1-3-17-18-4(25-3)6(10,11)7(12,13)8(14,15)16/h1-2H2. The van der Waals surface area contributed by atoms with Gasteiger partial charge < -0.3 is 4.42 Å². The Morgan fingerprint density at radius 2 is 1.40 bits per heavy atom. The Morgan fingerprint density at radius 1 is 0.920 bits per heavy atom. The number of rotatable bonds is 7. The van der Waals surface area contributed by atoms with E-state index in [0.29, 0.717) is 0 Å². The van der Waals surface area contributed by atoms with Crippen LogP contribution in [0.4, 0.5) is 35.1 Å². The van der Waals surface area contributed by atoms with Crippen LogP contribution in [0.25, 0.3) is 0 Å². The number of nitrogens with zero attached hydrogens (tertiary/aromatic N) is 4. The lowest BCUT2D eigenvalue weighted by Crippen LogP contribution is -2.50. The van der Waals surface area contributed by atoms with E-state index in [-0.39, 0.29) is 0 Å². The molecule has 0 aliphatic carbocycles. The van der Waals surface area contributed by atoms with E-state index in [2.05, 4.69) is 14.6 Å². The molecule has 142 valence electrons. The van der Waals surface area contributed by atoms with Gasteiger partial charge in [-0.15, -0.1) is 10.2 Å². The van der Waals surface area contributed by atoms with Gasteiger partial charge in [0, 0.05) is 6.42 Å². The highest BCUT2D eigenvalue weighted by Crippen LogP contribution is 2.51. The van der Waals surface area contributed by atoms with Crippen molar-refractivity contribution < 1.29 is 49.4 Å². The highest BCUT2D eigenvalue weighted by atomic mass is 19.4. The van der Waals surface area contributed by atoms with Crippen molar-refractivity contribution in [1.82, 2.24) is 10.2 Å². The topological polar surface area (TPSA) is 125 Å². The molecular formula is C8H4F8N4O5. The molecule has 0 radical (unpaired) electrons. The van der Waals surface area contributed by atoms with Crippen LogP contribution in [0.3, 0.4) is 0 Å². The number of nitro groups is 2. The molecule has 1 rings (SSSR count). The predicted molar refractivity (Wildman–Crippen MR) is 55.3 cm³/mol. The summed E-state index contributed by atoms with van der Waals surface area (Å²) in [5, 5.41) is 25.4. The first-order valence-corrected chi connectivity index (χ1v) is 5.70. The van der Waals surface area contributed by atoms with E-state index in [1.807, 2.05) is 0 Å². The van der Waals surface area contributed by atoms with Crippen molar-refractivity contribution in [2.24, 2.45) is 0 Å². The third-order valence-corrected chi connectivity index (χ3v) is 2.70. The van der Waals surface area contributed by atoms with E-state index in [1.165, 1.54) is 0 Å². The van der Waals surface area contributed by atoms with Gasteiger partial charge in [0.15, 0.2) is 0 Å². The van der Waals surface area contributed by atoms with Crippen LogP contribution in [-0.4, -0.2) is 38.1 Å². The first-order valence-electron chi connectivity index (χ1n) is 5.70. The summed E-state index contributed by atoms with van der Waals surface area (Å²) in [5.74, 6) is -20.6. The van der Waals surface area contributed by atoms with E-state index < -0.39 is 58.4 Å². The van der Waals surface area contributed by atoms with Crippen molar-refractivity contribution in [2.75, 3.05) is 0 Å². The summed E-state index contributed by atoms with van der Waals surface area (Å²) in [6.45, 7) is 0. The summed E-state index contributed by atoms with van der Waals surface area (Å²) in [4.78, 5) is 16.6. The Kier molecular flexibility index (Phi) is 4.93. The molecular weight excluding hydrogens is 384 g/mol. The van der Waals surface area contributed by atoms with Gasteiger partial charge in [0.2, 0.25) is 5.89 Å². The summed E-state index contributed by atoms with van der Waals surface area (Å²) in [6, 6.07) is 0. The Hall–Kier alpha value is -2.62. The monoisotopic (exact) mass is 388 g/mol. The summed E-state index contributed by atoms with van der Waals surface area (Å²) >= 11 is 0. The molecule has 0 aromatic carbocycles. The van der Waals surface area contributed by atoms with Crippen molar-refractivity contribution in [3.05, 3.63) is 32.0 Å². The lowest BCUT2D eigenvalue weighted by atomic mass is 10.1. The molecule has 0 aliphatic rings. The second kappa shape index (κ2) is 6.03. The predicted octanol–water partition coefficient (Wildman–Crippen LogP) is 2.47. The van der Waals surface area contributed by atoms with Crippen LogP contribution in [0.1, 0.15) is 18.2 Å². The molecule has 0 atom stereocenters. The van der Waals surface area contributed by atoms with Gasteiger partial charge in [-0.25, -0.2) is 0 Å². The fraction of sp³-hybridized carbons (Fsp3) is 0.750. The molecule has 1 aromatic heterocycles. The lowest BCUT2D eigenvalue weighted by Gasteiger charge is -2.25. The molecule has 1 aromatic rings. The van der Waals surface area contributed by atoms with Crippen LogP contribution in [0.15, 0.2) is 4.42 Å². The van der Waals surface area contributed by atoms with Gasteiger partial charge in [-0.05, 0) is 0 Å². The SMILES string of the molecule is O=[N+]([O-])C(F)(CCc1nnc(C(F)(F)C(F)(F)C(F)(F)F)o1)[N+](=O)[O-]. The highest BCUT2D eigenvalue weighted by molar-refractivity contribution is 5.02. The zero-order valence-corrected chi connectivity index (χ0v) is 11.3. The average Bonchev–Trinajstić information content (AvgIpc) is 2.92. The second-order valence-electron chi connectivity index (χ2n) is 4.38. The molecule has 0 saturated heterocycles. The minimum atomic E-state index is -6.68. The van der Waals surface area contributed by atoms with Gasteiger partial charge in [0.1, 0.15) is 16.3 Å². The van der Waals surface area contributed by atoms with Gasteiger partial charge in [-0.2, -0.15) is 30.7 Å². The fourth-order valence-corrected chi connectivity index (χ4v) is 1.31. The van der Waals surface area contributed by atoms with Crippen LogP contribution in [0.2, 0.25) is 0 Å². The Labute approximate surface area is 129 Å². The van der Waals surface area contributed by atoms with Crippen molar-refractivity contribution in [3.8, 4) is 0 Å². The van der Waals surface area contributed by atoms with Crippen LogP contribution in [-0.2, 0) is 12.3 Å². The average molecular weight is 388 g/mol. The molecule has 1 heterocycles. The van der Waals surface area contributed by atoms with Crippen LogP contribution >= 0.6 is 0 Å². The number of hydrogen-bond donors (Lipinski definition) is 0. The second-order valence-corrected chi connectivity index (χ2v) is 4.38. The molecule has 0 bridgehead atoms. The first-order chi connectivity index (χ1) is 11.1. The number of aromatic nitrogens is 2. The number of alkyl halides is 8. The number of halogens is 8. The van der Waals surface area contributed by atoms with Crippen molar-refractivity contribution in [2.45, 2.75) is 36.8 Å². The lowest BCUT2D eigenvalue weighted by molar-refractivity contribution is -0.832. The Balaban J connectivity index is 3.04. The van der Waals surface area contributed by atoms with Crippen molar-refractivity contribution >= 4 is 0 Å². The minimum absolute atomic E-state index is 1.25. The maximum absolute atomic E-state index is 13.4. The Bertz CT molecular complexity index is 660. The van der Waals surface area contributed by atoms with Gasteiger partial charge in [-0.3, -0.25) is 20.2 Å². The molecule has 0 N–H and O–H groups in total. The molecule has 0 aliphatic heterocycles. The maximum atomic E-state index is 13.4. The zero-order valence-electron chi connectivity index (χ0n) is 11.3. The molecule has 0 saturated carbocycles. The van der Waals surface area contributed by atoms with Crippen LogP contribution < -0.4 is 0 Å². The van der Waals surface area contributed by atoms with Gasteiger partial charge in [0.25, 0.3) is 5.89 Å². The van der Waals surface area contributed by atoms with Crippen molar-refractivity contribution in [1.29, 1.82) is 0 Å². The normalized spacial score (nSPS) is 13.8. The summed E-state index contributed by atoms with van der Waals surface area (Å²) < 4.78 is 105. The molecule has 0 amide bonds. The van der Waals surface area contributed by atoms with E-state index >= 15 is 0 Å². The molecule has 9 nitrogen and oxygen atoms in total. The van der Waals surface area contributed by atoms with Gasteiger partial charge >= 0.3 is 23.9 Å². The van der Waals surface area contributed by atoms with Crippen LogP contribution in [0, 0.1) is 20.2 Å². The molecule has 0 fully saturated rings. The van der Waals surface area contributed by atoms with E-state index in [1.54, 1.807) is 0 Å². The first kappa shape index (κ1) is 20.4. The third-order valence-electron chi connectivity index (χ3n) is 2.70. The Morgan fingerprint density at radius 3 is 1.80 bits per heavy atom. The summed E-state index contributed by atoms with van der Waals surface area (Å²) in [7, 11) is 0. The van der Waals surface area contributed by atoms with Gasteiger partial charge in [0.05, 0.1) is 0 Å². The van der Waals surface area contributed by atoms with E-state index in [4.69, 9.17) is 0 Å². The molecule has 0 unspecified atom stereocenters. The minimum Gasteiger partial charge on any atom is -0.419 e. The largest absolute Gasteiger partial charge is 0.614 e. The third kappa shape index (κ3) is 3.43. The quantitative estimate of drug-likeness (QED) is 0.231. The number of hydrogen-bond acceptors (Lipinski definition) is 7. The molecule has 0 spiro atoms. The molecule has 25 heavy (non-hydrogen) atoms. The summed E-state index contributed by atoms with van der Waals surface area (Å²) in [5.41, 5.74) is 0.